The number of anilines is 3. The van der Waals surface area contributed by atoms with E-state index in [0.29, 0.717) is 38.5 Å². The molecular formula is C21H28F3N7O3. The molecule has 0 aromatic carbocycles. The summed E-state index contributed by atoms with van der Waals surface area (Å²) in [6.45, 7) is 7.41. The molecule has 186 valence electrons. The van der Waals surface area contributed by atoms with Crippen molar-refractivity contribution in [2.45, 2.75) is 51.1 Å². The number of hydrogen-bond donors (Lipinski definition) is 2. The SMILES string of the molecule is C[C@H]1[C@H](CC(C)(C)O)OCN1c1cc(-c2cnc(N)nc2C(F)(F)F)nc(N2CCOCC2)n1. The molecule has 2 aromatic rings. The number of morpholine rings is 1. The standard InChI is InChI=1S/C21H28F3N7O3/c1-12-15(9-20(2,3)32)34-11-31(12)16-8-14(27-19(28-16)30-4-6-33-7-5-30)13-10-26-18(25)29-17(13)21(22,23)24/h8,10,12,15,32H,4-7,9,11H2,1-3H3,(H2,25,26,29)/t12-,15-/m0/s1. The Balaban J connectivity index is 1.78. The summed E-state index contributed by atoms with van der Waals surface area (Å²) >= 11 is 0. The molecule has 0 spiro atoms. The van der Waals surface area contributed by atoms with E-state index >= 15 is 0 Å². The molecule has 0 unspecified atom stereocenters. The van der Waals surface area contributed by atoms with E-state index in [1.54, 1.807) is 13.8 Å². The number of aromatic nitrogens is 4. The van der Waals surface area contributed by atoms with Gasteiger partial charge in [-0.15, -0.1) is 0 Å². The maximum Gasteiger partial charge on any atom is 0.434 e. The van der Waals surface area contributed by atoms with Crippen LogP contribution in [0.3, 0.4) is 0 Å². The van der Waals surface area contributed by atoms with E-state index in [4.69, 9.17) is 15.2 Å². The van der Waals surface area contributed by atoms with E-state index in [1.165, 1.54) is 6.07 Å². The smallest absolute Gasteiger partial charge is 0.390 e. The van der Waals surface area contributed by atoms with Crippen molar-refractivity contribution in [1.29, 1.82) is 0 Å². The number of alkyl halides is 3. The molecule has 3 N–H and O–H groups in total. The lowest BCUT2D eigenvalue weighted by atomic mass is 9.97. The second-order valence-corrected chi connectivity index (χ2v) is 9.06. The van der Waals surface area contributed by atoms with Gasteiger partial charge in [0.25, 0.3) is 0 Å². The Morgan fingerprint density at radius 3 is 2.53 bits per heavy atom. The zero-order valence-corrected chi connectivity index (χ0v) is 19.2. The highest BCUT2D eigenvalue weighted by Gasteiger charge is 2.39. The number of nitrogens with two attached hydrogens (primary N) is 1. The second-order valence-electron chi connectivity index (χ2n) is 9.06. The summed E-state index contributed by atoms with van der Waals surface area (Å²) < 4.78 is 52.6. The van der Waals surface area contributed by atoms with Gasteiger partial charge in [-0.25, -0.2) is 15.0 Å². The van der Waals surface area contributed by atoms with Crippen LogP contribution in [0.1, 0.15) is 32.9 Å². The first kappa shape index (κ1) is 24.4. The number of rotatable bonds is 5. The van der Waals surface area contributed by atoms with Crippen LogP contribution in [0.25, 0.3) is 11.3 Å². The van der Waals surface area contributed by atoms with Gasteiger partial charge in [0.15, 0.2) is 5.69 Å². The van der Waals surface area contributed by atoms with Gasteiger partial charge >= 0.3 is 6.18 Å². The average molecular weight is 483 g/mol. The maximum atomic E-state index is 13.8. The van der Waals surface area contributed by atoms with E-state index in [2.05, 4.69) is 19.9 Å². The Morgan fingerprint density at radius 2 is 1.88 bits per heavy atom. The molecule has 4 rings (SSSR count). The summed E-state index contributed by atoms with van der Waals surface area (Å²) in [5.41, 5.74) is 3.07. The van der Waals surface area contributed by atoms with E-state index < -0.39 is 23.4 Å². The van der Waals surface area contributed by atoms with E-state index in [-0.39, 0.29) is 36.1 Å². The van der Waals surface area contributed by atoms with Crippen molar-refractivity contribution in [2.24, 2.45) is 0 Å². The van der Waals surface area contributed by atoms with Crippen LogP contribution in [0.2, 0.25) is 0 Å². The van der Waals surface area contributed by atoms with Crippen molar-refractivity contribution in [3.05, 3.63) is 18.0 Å². The van der Waals surface area contributed by atoms with Crippen molar-refractivity contribution in [3.8, 4) is 11.3 Å². The van der Waals surface area contributed by atoms with Crippen LogP contribution in [0.5, 0.6) is 0 Å². The van der Waals surface area contributed by atoms with Crippen molar-refractivity contribution in [1.82, 2.24) is 19.9 Å². The Kier molecular flexibility index (Phi) is 6.53. The largest absolute Gasteiger partial charge is 0.434 e. The third-order valence-corrected chi connectivity index (χ3v) is 5.80. The topological polar surface area (TPSA) is 123 Å². The summed E-state index contributed by atoms with van der Waals surface area (Å²) in [5, 5.41) is 10.2. The zero-order chi connectivity index (χ0) is 24.7. The van der Waals surface area contributed by atoms with Crippen molar-refractivity contribution in [3.63, 3.8) is 0 Å². The average Bonchev–Trinajstić information content (AvgIpc) is 3.12. The maximum absolute atomic E-state index is 13.8. The molecule has 2 aromatic heterocycles. The van der Waals surface area contributed by atoms with Crippen LogP contribution in [-0.2, 0) is 15.7 Å². The zero-order valence-electron chi connectivity index (χ0n) is 19.2. The molecule has 0 aliphatic carbocycles. The number of halogens is 3. The van der Waals surface area contributed by atoms with Gasteiger partial charge in [0, 0.05) is 37.3 Å². The van der Waals surface area contributed by atoms with Crippen molar-refractivity contribution >= 4 is 17.7 Å². The van der Waals surface area contributed by atoms with Crippen LogP contribution >= 0.6 is 0 Å². The highest BCUT2D eigenvalue weighted by Crippen LogP contribution is 2.37. The number of hydrogen-bond acceptors (Lipinski definition) is 10. The first-order valence-corrected chi connectivity index (χ1v) is 10.9. The molecule has 2 aliphatic rings. The Hall–Kier alpha value is -2.77. The molecule has 13 heteroatoms. The Labute approximate surface area is 194 Å². The van der Waals surface area contributed by atoms with Crippen LogP contribution in [0.4, 0.5) is 30.9 Å². The Bertz CT molecular complexity index is 1030. The summed E-state index contributed by atoms with van der Waals surface area (Å²) in [5.74, 6) is 0.204. The van der Waals surface area contributed by atoms with Crippen LogP contribution in [0, 0.1) is 0 Å². The van der Waals surface area contributed by atoms with Crippen LogP contribution in [-0.4, -0.2) is 75.8 Å². The molecule has 0 amide bonds. The summed E-state index contributed by atoms with van der Waals surface area (Å²) in [4.78, 5) is 20.0. The number of ether oxygens (including phenoxy) is 2. The minimum atomic E-state index is -4.75. The molecule has 2 atom stereocenters. The lowest BCUT2D eigenvalue weighted by molar-refractivity contribution is -0.140. The predicted octanol–water partition coefficient (Wildman–Crippen LogP) is 2.08. The van der Waals surface area contributed by atoms with Crippen molar-refractivity contribution in [2.75, 3.05) is 48.6 Å². The normalized spacial score (nSPS) is 21.9. The van der Waals surface area contributed by atoms with Gasteiger partial charge in [0.05, 0.1) is 36.7 Å². The number of aliphatic hydroxyl groups is 1. The molecule has 2 aliphatic heterocycles. The van der Waals surface area contributed by atoms with Crippen LogP contribution in [0.15, 0.2) is 12.3 Å². The minimum Gasteiger partial charge on any atom is -0.390 e. The molecule has 34 heavy (non-hydrogen) atoms. The van der Waals surface area contributed by atoms with E-state index in [9.17, 15) is 18.3 Å². The fourth-order valence-electron chi connectivity index (χ4n) is 4.04. The molecule has 4 heterocycles. The third-order valence-electron chi connectivity index (χ3n) is 5.80. The first-order valence-electron chi connectivity index (χ1n) is 10.9. The molecule has 0 radical (unpaired) electrons. The quantitative estimate of drug-likeness (QED) is 0.653. The molecular weight excluding hydrogens is 455 g/mol. The third kappa shape index (κ3) is 5.31. The van der Waals surface area contributed by atoms with Gasteiger partial charge < -0.3 is 30.1 Å². The van der Waals surface area contributed by atoms with Crippen molar-refractivity contribution < 1.29 is 27.8 Å². The molecule has 0 saturated carbocycles. The van der Waals surface area contributed by atoms with Gasteiger partial charge in [0.2, 0.25) is 11.9 Å². The molecule has 2 fully saturated rings. The lowest BCUT2D eigenvalue weighted by Gasteiger charge is -2.30. The molecule has 2 saturated heterocycles. The highest BCUT2D eigenvalue weighted by molar-refractivity contribution is 5.67. The second kappa shape index (κ2) is 9.12. The van der Waals surface area contributed by atoms with E-state index in [0.717, 1.165) is 6.20 Å². The summed E-state index contributed by atoms with van der Waals surface area (Å²) in [6, 6.07) is 1.29. The summed E-state index contributed by atoms with van der Waals surface area (Å²) in [7, 11) is 0. The van der Waals surface area contributed by atoms with E-state index in [1.807, 2.05) is 16.7 Å². The van der Waals surface area contributed by atoms with Gasteiger partial charge in [-0.05, 0) is 20.8 Å². The number of nitrogen functional groups attached to an aromatic ring is 1. The summed E-state index contributed by atoms with van der Waals surface area (Å²) in [6.07, 6.45) is -3.61. The van der Waals surface area contributed by atoms with Gasteiger partial charge in [-0.3, -0.25) is 0 Å². The minimum absolute atomic E-state index is 0.0250. The fourth-order valence-corrected chi connectivity index (χ4v) is 4.04. The highest BCUT2D eigenvalue weighted by atomic mass is 19.4. The lowest BCUT2D eigenvalue weighted by Crippen LogP contribution is -2.39. The predicted molar refractivity (Wildman–Crippen MR) is 118 cm³/mol. The monoisotopic (exact) mass is 483 g/mol. The molecule has 10 nitrogen and oxygen atoms in total. The number of nitrogens with zero attached hydrogens (tertiary/aromatic N) is 6. The van der Waals surface area contributed by atoms with Crippen LogP contribution < -0.4 is 15.5 Å². The van der Waals surface area contributed by atoms with Gasteiger partial charge in [-0.1, -0.05) is 0 Å². The first-order chi connectivity index (χ1) is 15.9. The Morgan fingerprint density at radius 1 is 1.18 bits per heavy atom. The van der Waals surface area contributed by atoms with Gasteiger partial charge in [0.1, 0.15) is 12.5 Å². The van der Waals surface area contributed by atoms with Gasteiger partial charge in [-0.2, -0.15) is 18.2 Å². The fraction of sp³-hybridized carbons (Fsp3) is 0.619. The molecule has 0 bridgehead atoms.